The van der Waals surface area contributed by atoms with Gasteiger partial charge in [-0.3, -0.25) is 0 Å². The van der Waals surface area contributed by atoms with Crippen LogP contribution in [0.25, 0.3) is 0 Å². The van der Waals surface area contributed by atoms with E-state index < -0.39 is 0 Å². The highest BCUT2D eigenvalue weighted by Crippen LogP contribution is 2.36. The van der Waals surface area contributed by atoms with E-state index in [-0.39, 0.29) is 12.2 Å². The van der Waals surface area contributed by atoms with E-state index in [0.717, 1.165) is 49.6 Å². The van der Waals surface area contributed by atoms with Gasteiger partial charge >= 0.3 is 0 Å². The Kier molecular flexibility index (Phi) is 4.87. The molecule has 2 aliphatic heterocycles. The lowest BCUT2D eigenvalue weighted by Crippen LogP contribution is -2.36. The summed E-state index contributed by atoms with van der Waals surface area (Å²) in [6.07, 6.45) is 6.96. The summed E-state index contributed by atoms with van der Waals surface area (Å²) in [5.41, 5.74) is 3.55. The van der Waals surface area contributed by atoms with E-state index in [1.165, 1.54) is 11.1 Å². The molecular weight excluding hydrogens is 330 g/mol. The quantitative estimate of drug-likeness (QED) is 0.892. The molecule has 2 aliphatic rings. The van der Waals surface area contributed by atoms with Gasteiger partial charge in [0.1, 0.15) is 23.7 Å². The molecule has 26 heavy (non-hydrogen) atoms. The Labute approximate surface area is 154 Å². The van der Waals surface area contributed by atoms with Crippen LogP contribution in [-0.2, 0) is 24.8 Å². The van der Waals surface area contributed by atoms with Gasteiger partial charge in [-0.1, -0.05) is 0 Å². The fourth-order valence-corrected chi connectivity index (χ4v) is 3.95. The van der Waals surface area contributed by atoms with Gasteiger partial charge in [0, 0.05) is 43.8 Å². The van der Waals surface area contributed by atoms with Gasteiger partial charge in [0.15, 0.2) is 0 Å². The van der Waals surface area contributed by atoms with Gasteiger partial charge in [0.25, 0.3) is 0 Å². The molecule has 3 heterocycles. The maximum absolute atomic E-state index is 6.04. The zero-order valence-corrected chi connectivity index (χ0v) is 15.7. The first-order valence-corrected chi connectivity index (χ1v) is 9.31. The van der Waals surface area contributed by atoms with Crippen molar-refractivity contribution in [1.29, 1.82) is 0 Å². The van der Waals surface area contributed by atoms with Crippen LogP contribution in [0.3, 0.4) is 0 Å². The molecule has 1 aromatic carbocycles. The molecule has 6 heteroatoms. The van der Waals surface area contributed by atoms with Gasteiger partial charge in [-0.2, -0.15) is 0 Å². The number of aromatic nitrogens is 2. The van der Waals surface area contributed by atoms with Crippen LogP contribution in [0.2, 0.25) is 0 Å². The minimum absolute atomic E-state index is 0.0982. The van der Waals surface area contributed by atoms with Gasteiger partial charge in [0.05, 0.1) is 25.3 Å². The van der Waals surface area contributed by atoms with Crippen molar-refractivity contribution in [2.75, 3.05) is 13.7 Å². The monoisotopic (exact) mass is 357 g/mol. The van der Waals surface area contributed by atoms with E-state index in [1.54, 1.807) is 7.11 Å². The molecule has 0 aliphatic carbocycles. The normalized spacial score (nSPS) is 25.0. The minimum atomic E-state index is 0.0982. The third-order valence-electron chi connectivity index (χ3n) is 5.33. The summed E-state index contributed by atoms with van der Waals surface area (Å²) in [7, 11) is 3.73. The summed E-state index contributed by atoms with van der Waals surface area (Å²) in [4.78, 5) is 4.21. The Morgan fingerprint density at radius 2 is 2.27 bits per heavy atom. The van der Waals surface area contributed by atoms with Crippen LogP contribution in [0, 0.1) is 0 Å². The average molecular weight is 357 g/mol. The maximum atomic E-state index is 6.04. The molecular formula is C20H27N3O3. The summed E-state index contributed by atoms with van der Waals surface area (Å²) in [6, 6.07) is 4.58. The van der Waals surface area contributed by atoms with E-state index in [1.807, 2.05) is 24.1 Å². The highest BCUT2D eigenvalue weighted by molar-refractivity contribution is 5.49. The summed E-state index contributed by atoms with van der Waals surface area (Å²) in [5, 5.41) is 3.70. The molecule has 2 aromatic rings. The fraction of sp³-hybridized carbons (Fsp3) is 0.550. The van der Waals surface area contributed by atoms with Gasteiger partial charge in [-0.25, -0.2) is 4.98 Å². The standard InChI is InChI=1S/C20H27N3O3/c1-13-6-14-7-17(24-3)8-15(20(14)26-13)10-22-16-4-5-25-19(9-16)18-11-21-12-23(18)2/h7-8,11-13,16,19,22H,4-6,9-10H2,1-3H3/t13-,16+,19+/m0/s1. The number of benzene rings is 1. The van der Waals surface area contributed by atoms with E-state index in [0.29, 0.717) is 6.04 Å². The van der Waals surface area contributed by atoms with Crippen LogP contribution in [0.4, 0.5) is 0 Å². The first kappa shape index (κ1) is 17.4. The highest BCUT2D eigenvalue weighted by Gasteiger charge is 2.27. The molecule has 1 aromatic heterocycles. The lowest BCUT2D eigenvalue weighted by Gasteiger charge is -2.30. The first-order chi connectivity index (χ1) is 12.6. The number of ether oxygens (including phenoxy) is 3. The van der Waals surface area contributed by atoms with E-state index in [9.17, 15) is 0 Å². The molecule has 0 bridgehead atoms. The highest BCUT2D eigenvalue weighted by atomic mass is 16.5. The second kappa shape index (κ2) is 7.29. The molecule has 4 rings (SSSR count). The second-order valence-corrected chi connectivity index (χ2v) is 7.30. The average Bonchev–Trinajstić information content (AvgIpc) is 3.24. The van der Waals surface area contributed by atoms with E-state index >= 15 is 0 Å². The van der Waals surface area contributed by atoms with Crippen LogP contribution in [0.1, 0.15) is 42.7 Å². The van der Waals surface area contributed by atoms with Crippen LogP contribution in [-0.4, -0.2) is 35.4 Å². The molecule has 0 radical (unpaired) electrons. The summed E-state index contributed by atoms with van der Waals surface area (Å²) in [5.74, 6) is 1.93. The number of nitrogens with zero attached hydrogens (tertiary/aromatic N) is 2. The number of aryl methyl sites for hydroxylation is 1. The largest absolute Gasteiger partial charge is 0.497 e. The van der Waals surface area contributed by atoms with Gasteiger partial charge in [-0.15, -0.1) is 0 Å². The van der Waals surface area contributed by atoms with Crippen molar-refractivity contribution in [3.63, 3.8) is 0 Å². The Morgan fingerprint density at radius 1 is 1.38 bits per heavy atom. The zero-order chi connectivity index (χ0) is 18.1. The number of hydrogen-bond donors (Lipinski definition) is 1. The number of imidazole rings is 1. The number of hydrogen-bond acceptors (Lipinski definition) is 5. The topological polar surface area (TPSA) is 57.5 Å². The third-order valence-corrected chi connectivity index (χ3v) is 5.33. The van der Waals surface area contributed by atoms with Crippen LogP contribution < -0.4 is 14.8 Å². The molecule has 0 unspecified atom stereocenters. The predicted octanol–water partition coefficient (Wildman–Crippen LogP) is 2.76. The van der Waals surface area contributed by atoms with Crippen molar-refractivity contribution in [2.24, 2.45) is 7.05 Å². The molecule has 0 amide bonds. The summed E-state index contributed by atoms with van der Waals surface area (Å²) < 4.78 is 19.5. The predicted molar refractivity (Wildman–Crippen MR) is 98.6 cm³/mol. The Morgan fingerprint density at radius 3 is 3.04 bits per heavy atom. The van der Waals surface area contributed by atoms with Crippen LogP contribution in [0.5, 0.6) is 11.5 Å². The molecule has 6 nitrogen and oxygen atoms in total. The molecule has 0 spiro atoms. The van der Waals surface area contributed by atoms with Crippen molar-refractivity contribution < 1.29 is 14.2 Å². The molecule has 1 saturated heterocycles. The lowest BCUT2D eigenvalue weighted by molar-refractivity contribution is -0.00407. The fourth-order valence-electron chi connectivity index (χ4n) is 3.95. The third kappa shape index (κ3) is 3.44. The maximum Gasteiger partial charge on any atom is 0.127 e. The molecule has 140 valence electrons. The second-order valence-electron chi connectivity index (χ2n) is 7.30. The number of nitrogens with one attached hydrogen (secondary N) is 1. The van der Waals surface area contributed by atoms with Gasteiger partial charge < -0.3 is 24.1 Å². The number of methoxy groups -OCH3 is 1. The van der Waals surface area contributed by atoms with Crippen molar-refractivity contribution in [3.05, 3.63) is 41.5 Å². The van der Waals surface area contributed by atoms with Crippen molar-refractivity contribution in [2.45, 2.75) is 51.0 Å². The van der Waals surface area contributed by atoms with Gasteiger partial charge in [0.2, 0.25) is 0 Å². The Hall–Kier alpha value is -2.05. The van der Waals surface area contributed by atoms with Crippen LogP contribution >= 0.6 is 0 Å². The smallest absolute Gasteiger partial charge is 0.127 e. The zero-order valence-electron chi connectivity index (χ0n) is 15.7. The van der Waals surface area contributed by atoms with Gasteiger partial charge in [-0.05, 0) is 31.9 Å². The Balaban J connectivity index is 1.44. The van der Waals surface area contributed by atoms with Crippen LogP contribution in [0.15, 0.2) is 24.7 Å². The molecule has 3 atom stereocenters. The molecule has 0 saturated carbocycles. The molecule has 1 N–H and O–H groups in total. The summed E-state index contributed by atoms with van der Waals surface area (Å²) >= 11 is 0. The minimum Gasteiger partial charge on any atom is -0.497 e. The molecule has 1 fully saturated rings. The first-order valence-electron chi connectivity index (χ1n) is 9.31. The van der Waals surface area contributed by atoms with Crippen molar-refractivity contribution in [3.8, 4) is 11.5 Å². The number of rotatable bonds is 5. The van der Waals surface area contributed by atoms with E-state index in [2.05, 4.69) is 29.4 Å². The van der Waals surface area contributed by atoms with Crippen molar-refractivity contribution >= 4 is 0 Å². The SMILES string of the molecule is COc1cc(CN[C@@H]2CCO[C@@H](c3cncn3C)C2)c2c(c1)C[C@H](C)O2. The van der Waals surface area contributed by atoms with Crippen molar-refractivity contribution in [1.82, 2.24) is 14.9 Å². The Bertz CT molecular complexity index is 774. The summed E-state index contributed by atoms with van der Waals surface area (Å²) in [6.45, 7) is 3.65. The van der Waals surface area contributed by atoms with E-state index in [4.69, 9.17) is 14.2 Å². The lowest BCUT2D eigenvalue weighted by atomic mass is 10.00. The number of fused-ring (bicyclic) bond motifs is 1.